The lowest BCUT2D eigenvalue weighted by atomic mass is 10.1. The van der Waals surface area contributed by atoms with Gasteiger partial charge in [-0.25, -0.2) is 0 Å². The molecule has 1 saturated heterocycles. The molecule has 1 aromatic rings. The third-order valence-electron chi connectivity index (χ3n) is 2.80. The highest BCUT2D eigenvalue weighted by Gasteiger charge is 2.31. The average Bonchev–Trinajstić information content (AvgIpc) is 2.40. The summed E-state index contributed by atoms with van der Waals surface area (Å²) in [5.74, 6) is 0.487. The monoisotopic (exact) mass is 251 g/mol. The van der Waals surface area contributed by atoms with Crippen LogP contribution in [-0.4, -0.2) is 43.5 Å². The minimum absolute atomic E-state index is 0.0387. The van der Waals surface area contributed by atoms with Gasteiger partial charge in [-0.2, -0.15) is 0 Å². The van der Waals surface area contributed by atoms with E-state index in [1.54, 1.807) is 4.90 Å². The van der Waals surface area contributed by atoms with Gasteiger partial charge in [-0.1, -0.05) is 12.1 Å². The molecule has 1 aliphatic rings. The van der Waals surface area contributed by atoms with Crippen LogP contribution in [0.1, 0.15) is 6.92 Å². The van der Waals surface area contributed by atoms with E-state index in [-0.39, 0.29) is 25.2 Å². The number of carbonyl (C=O) groups excluding carboxylic acids is 1. The van der Waals surface area contributed by atoms with Crippen molar-refractivity contribution < 1.29 is 19.4 Å². The molecular formula is C13H17NO4. The van der Waals surface area contributed by atoms with E-state index in [4.69, 9.17) is 9.47 Å². The maximum Gasteiger partial charge on any atom is 0.253 e. The van der Waals surface area contributed by atoms with E-state index in [2.05, 4.69) is 0 Å². The molecule has 1 N–H and O–H groups in total. The minimum atomic E-state index is -0.354. The van der Waals surface area contributed by atoms with Gasteiger partial charge >= 0.3 is 0 Å². The van der Waals surface area contributed by atoms with Gasteiger partial charge in [-0.15, -0.1) is 0 Å². The number of ether oxygens (including phenoxy) is 2. The third-order valence-corrected chi connectivity index (χ3v) is 2.80. The average molecular weight is 251 g/mol. The van der Waals surface area contributed by atoms with Crippen molar-refractivity contribution in [3.8, 4) is 5.75 Å². The summed E-state index contributed by atoms with van der Waals surface area (Å²) in [6.45, 7) is 2.66. The van der Waals surface area contributed by atoms with Gasteiger partial charge in [-0.05, 0) is 19.1 Å². The van der Waals surface area contributed by atoms with Crippen LogP contribution < -0.4 is 9.64 Å². The lowest BCUT2D eigenvalue weighted by Crippen LogP contribution is -2.51. The molecule has 1 heterocycles. The van der Waals surface area contributed by atoms with Gasteiger partial charge in [0, 0.05) is 0 Å². The number of benzene rings is 1. The Labute approximate surface area is 106 Å². The van der Waals surface area contributed by atoms with Crippen LogP contribution in [-0.2, 0) is 9.53 Å². The number of morpholine rings is 1. The molecule has 0 saturated carbocycles. The van der Waals surface area contributed by atoms with Crippen molar-refractivity contribution in [2.24, 2.45) is 0 Å². The molecule has 1 atom stereocenters. The van der Waals surface area contributed by atoms with Gasteiger partial charge in [-0.3, -0.25) is 9.69 Å². The molecule has 5 heteroatoms. The Balaban J connectivity index is 2.35. The molecule has 0 aliphatic carbocycles. The standard InChI is InChI=1S/C13H17NO4/c1-2-18-12-6-4-3-5-11(12)14-10(7-15)8-17-9-13(14)16/h3-6,10,15H,2,7-9H2,1H3. The maximum absolute atomic E-state index is 12.0. The second-order valence-electron chi connectivity index (χ2n) is 4.02. The first kappa shape index (κ1) is 12.9. The van der Waals surface area contributed by atoms with Crippen molar-refractivity contribution in [1.82, 2.24) is 0 Å². The zero-order chi connectivity index (χ0) is 13.0. The number of rotatable bonds is 4. The number of aliphatic hydroxyl groups excluding tert-OH is 1. The highest BCUT2D eigenvalue weighted by atomic mass is 16.5. The first-order valence-corrected chi connectivity index (χ1v) is 6.00. The fraction of sp³-hybridized carbons (Fsp3) is 0.462. The molecule has 1 aromatic carbocycles. The predicted octanol–water partition coefficient (Wildman–Crippen LogP) is 0.809. The van der Waals surface area contributed by atoms with Crippen LogP contribution in [0.3, 0.4) is 0 Å². The first-order valence-electron chi connectivity index (χ1n) is 6.00. The lowest BCUT2D eigenvalue weighted by Gasteiger charge is -2.35. The number of para-hydroxylation sites is 2. The van der Waals surface area contributed by atoms with Crippen LogP contribution in [0.15, 0.2) is 24.3 Å². The second kappa shape index (κ2) is 5.84. The van der Waals surface area contributed by atoms with Crippen LogP contribution in [0.25, 0.3) is 0 Å². The number of anilines is 1. The highest BCUT2D eigenvalue weighted by molar-refractivity contribution is 5.97. The number of hydrogen-bond acceptors (Lipinski definition) is 4. The SMILES string of the molecule is CCOc1ccccc1N1C(=O)COCC1CO. The molecule has 5 nitrogen and oxygen atoms in total. The minimum Gasteiger partial charge on any atom is -0.492 e. The Morgan fingerprint density at radius 3 is 3.00 bits per heavy atom. The third kappa shape index (κ3) is 2.47. The van der Waals surface area contributed by atoms with E-state index in [0.717, 1.165) is 0 Å². The molecule has 0 radical (unpaired) electrons. The number of aliphatic hydroxyl groups is 1. The van der Waals surface area contributed by atoms with Crippen LogP contribution in [0, 0.1) is 0 Å². The summed E-state index contributed by atoms with van der Waals surface area (Å²) in [7, 11) is 0. The van der Waals surface area contributed by atoms with E-state index >= 15 is 0 Å². The molecule has 1 unspecified atom stereocenters. The van der Waals surface area contributed by atoms with Crippen LogP contribution in [0.2, 0.25) is 0 Å². The van der Waals surface area contributed by atoms with E-state index in [0.29, 0.717) is 24.7 Å². The number of hydrogen-bond donors (Lipinski definition) is 1. The molecular weight excluding hydrogens is 234 g/mol. The first-order chi connectivity index (χ1) is 8.77. The van der Waals surface area contributed by atoms with Crippen molar-refractivity contribution in [1.29, 1.82) is 0 Å². The second-order valence-corrected chi connectivity index (χ2v) is 4.02. The van der Waals surface area contributed by atoms with Crippen LogP contribution in [0.5, 0.6) is 5.75 Å². The number of nitrogens with zero attached hydrogens (tertiary/aromatic N) is 1. The zero-order valence-corrected chi connectivity index (χ0v) is 10.3. The number of carbonyl (C=O) groups is 1. The smallest absolute Gasteiger partial charge is 0.253 e. The number of amides is 1. The summed E-state index contributed by atoms with van der Waals surface area (Å²) in [4.78, 5) is 13.5. The van der Waals surface area contributed by atoms with Gasteiger partial charge in [0.25, 0.3) is 5.91 Å². The van der Waals surface area contributed by atoms with Gasteiger partial charge in [0.15, 0.2) is 0 Å². The van der Waals surface area contributed by atoms with Gasteiger partial charge in [0.1, 0.15) is 12.4 Å². The molecule has 18 heavy (non-hydrogen) atoms. The largest absolute Gasteiger partial charge is 0.492 e. The molecule has 1 amide bonds. The van der Waals surface area contributed by atoms with Gasteiger partial charge in [0.2, 0.25) is 0 Å². The summed E-state index contributed by atoms with van der Waals surface area (Å²) in [6, 6.07) is 6.97. The maximum atomic E-state index is 12.0. The van der Waals surface area contributed by atoms with Crippen molar-refractivity contribution >= 4 is 11.6 Å². The summed E-state index contributed by atoms with van der Waals surface area (Å²) in [5.41, 5.74) is 0.687. The molecule has 98 valence electrons. The molecule has 1 aliphatic heterocycles. The van der Waals surface area contributed by atoms with E-state index in [1.807, 2.05) is 31.2 Å². The highest BCUT2D eigenvalue weighted by Crippen LogP contribution is 2.30. The molecule has 1 fully saturated rings. The van der Waals surface area contributed by atoms with Crippen LogP contribution in [0.4, 0.5) is 5.69 Å². The fourth-order valence-corrected chi connectivity index (χ4v) is 2.03. The summed E-state index contributed by atoms with van der Waals surface area (Å²) in [6.07, 6.45) is 0. The van der Waals surface area contributed by atoms with Gasteiger partial charge < -0.3 is 14.6 Å². The van der Waals surface area contributed by atoms with E-state index in [9.17, 15) is 9.90 Å². The zero-order valence-electron chi connectivity index (χ0n) is 10.3. The fourth-order valence-electron chi connectivity index (χ4n) is 2.03. The van der Waals surface area contributed by atoms with Crippen molar-refractivity contribution in [2.75, 3.05) is 31.3 Å². The molecule has 0 spiro atoms. The van der Waals surface area contributed by atoms with E-state index < -0.39 is 0 Å². The van der Waals surface area contributed by atoms with Crippen molar-refractivity contribution in [3.63, 3.8) is 0 Å². The Kier molecular flexibility index (Phi) is 4.17. The van der Waals surface area contributed by atoms with Crippen molar-refractivity contribution in [2.45, 2.75) is 13.0 Å². The van der Waals surface area contributed by atoms with E-state index in [1.165, 1.54) is 0 Å². The Morgan fingerprint density at radius 1 is 1.50 bits per heavy atom. The normalized spacial score (nSPS) is 20.0. The quantitative estimate of drug-likeness (QED) is 0.860. The summed E-state index contributed by atoms with van der Waals surface area (Å²) < 4.78 is 10.7. The molecule has 0 aromatic heterocycles. The Morgan fingerprint density at radius 2 is 2.28 bits per heavy atom. The van der Waals surface area contributed by atoms with Crippen LogP contribution >= 0.6 is 0 Å². The van der Waals surface area contributed by atoms with Crippen molar-refractivity contribution in [3.05, 3.63) is 24.3 Å². The van der Waals surface area contributed by atoms with Gasteiger partial charge in [0.05, 0.1) is 31.5 Å². The lowest BCUT2D eigenvalue weighted by molar-refractivity contribution is -0.128. The Bertz CT molecular complexity index is 421. The topological polar surface area (TPSA) is 59.0 Å². The summed E-state index contributed by atoms with van der Waals surface area (Å²) in [5, 5.41) is 9.35. The summed E-state index contributed by atoms with van der Waals surface area (Å²) >= 11 is 0. The predicted molar refractivity (Wildman–Crippen MR) is 66.8 cm³/mol. The molecule has 2 rings (SSSR count). The Hall–Kier alpha value is -1.59. The molecule has 0 bridgehead atoms.